The molecule has 0 aromatic heterocycles. The topological polar surface area (TPSA) is 21.3 Å². The van der Waals surface area contributed by atoms with Crippen LogP contribution in [0.1, 0.15) is 47.0 Å². The SMILES string of the molecule is COCC(C)CNC1CC2CCC1(C)C2(C)C. The summed E-state index contributed by atoms with van der Waals surface area (Å²) in [6.07, 6.45) is 4.22. The fourth-order valence-electron chi connectivity index (χ4n) is 4.20. The lowest BCUT2D eigenvalue weighted by atomic mass is 9.69. The van der Waals surface area contributed by atoms with E-state index in [9.17, 15) is 0 Å². The summed E-state index contributed by atoms with van der Waals surface area (Å²) in [4.78, 5) is 0. The Balaban J connectivity index is 1.92. The average molecular weight is 239 g/mol. The van der Waals surface area contributed by atoms with Gasteiger partial charge >= 0.3 is 0 Å². The van der Waals surface area contributed by atoms with Gasteiger partial charge in [-0.3, -0.25) is 0 Å². The van der Waals surface area contributed by atoms with Crippen LogP contribution in [0.15, 0.2) is 0 Å². The maximum atomic E-state index is 5.21. The van der Waals surface area contributed by atoms with Crippen molar-refractivity contribution in [2.45, 2.75) is 53.0 Å². The first-order valence-corrected chi connectivity index (χ1v) is 7.14. The van der Waals surface area contributed by atoms with Gasteiger partial charge in [-0.05, 0) is 41.9 Å². The Hall–Kier alpha value is -0.0800. The van der Waals surface area contributed by atoms with Gasteiger partial charge in [0.25, 0.3) is 0 Å². The maximum absolute atomic E-state index is 5.21. The van der Waals surface area contributed by atoms with E-state index in [1.54, 1.807) is 7.11 Å². The molecule has 2 saturated carbocycles. The van der Waals surface area contributed by atoms with Crippen molar-refractivity contribution in [3.05, 3.63) is 0 Å². The highest BCUT2D eigenvalue weighted by atomic mass is 16.5. The van der Waals surface area contributed by atoms with E-state index in [1.807, 2.05) is 0 Å². The predicted molar refractivity (Wildman–Crippen MR) is 72.1 cm³/mol. The van der Waals surface area contributed by atoms with Crippen molar-refractivity contribution in [2.75, 3.05) is 20.3 Å². The second-order valence-corrected chi connectivity index (χ2v) is 7.13. The van der Waals surface area contributed by atoms with Crippen LogP contribution in [0.2, 0.25) is 0 Å². The molecule has 4 atom stereocenters. The zero-order chi connectivity index (χ0) is 12.7. The third-order valence-electron chi connectivity index (χ3n) is 5.96. The number of methoxy groups -OCH3 is 1. The van der Waals surface area contributed by atoms with Crippen molar-refractivity contribution in [3.63, 3.8) is 0 Å². The van der Waals surface area contributed by atoms with E-state index in [0.717, 1.165) is 25.1 Å². The maximum Gasteiger partial charge on any atom is 0.0499 e. The highest BCUT2D eigenvalue weighted by Gasteiger charge is 2.60. The van der Waals surface area contributed by atoms with Gasteiger partial charge in [0.2, 0.25) is 0 Å². The standard InChI is InChI=1S/C15H29NO/c1-11(10-17-5)9-16-13-8-12-6-7-15(13,4)14(12,2)3/h11-13,16H,6-10H2,1-5H3. The van der Waals surface area contributed by atoms with Crippen LogP contribution in [0.3, 0.4) is 0 Å². The summed E-state index contributed by atoms with van der Waals surface area (Å²) in [5.41, 5.74) is 1.03. The molecule has 2 rings (SSSR count). The van der Waals surface area contributed by atoms with Gasteiger partial charge < -0.3 is 10.1 Å². The Bertz CT molecular complexity index is 276. The molecule has 4 unspecified atom stereocenters. The molecule has 0 spiro atoms. The van der Waals surface area contributed by atoms with E-state index in [4.69, 9.17) is 4.74 Å². The molecule has 2 aliphatic carbocycles. The van der Waals surface area contributed by atoms with E-state index in [1.165, 1.54) is 19.3 Å². The van der Waals surface area contributed by atoms with Crippen LogP contribution in [0.5, 0.6) is 0 Å². The largest absolute Gasteiger partial charge is 0.384 e. The lowest BCUT2D eigenvalue weighted by Gasteiger charge is -2.40. The number of hydrogen-bond acceptors (Lipinski definition) is 2. The Morgan fingerprint density at radius 1 is 1.35 bits per heavy atom. The van der Waals surface area contributed by atoms with Gasteiger partial charge in [0, 0.05) is 26.3 Å². The molecular formula is C15H29NO. The van der Waals surface area contributed by atoms with Crippen molar-refractivity contribution in [2.24, 2.45) is 22.7 Å². The molecular weight excluding hydrogens is 210 g/mol. The number of hydrogen-bond donors (Lipinski definition) is 1. The molecule has 2 bridgehead atoms. The number of nitrogens with one attached hydrogen (secondary N) is 1. The van der Waals surface area contributed by atoms with E-state index >= 15 is 0 Å². The van der Waals surface area contributed by atoms with E-state index < -0.39 is 0 Å². The van der Waals surface area contributed by atoms with Crippen molar-refractivity contribution < 1.29 is 4.74 Å². The zero-order valence-corrected chi connectivity index (χ0v) is 12.2. The minimum atomic E-state index is 0.504. The number of ether oxygens (including phenoxy) is 1. The van der Waals surface area contributed by atoms with Gasteiger partial charge in [-0.25, -0.2) is 0 Å². The first kappa shape index (κ1) is 13.4. The van der Waals surface area contributed by atoms with Crippen LogP contribution in [-0.4, -0.2) is 26.3 Å². The monoisotopic (exact) mass is 239 g/mol. The van der Waals surface area contributed by atoms with Gasteiger partial charge in [0.05, 0.1) is 0 Å². The molecule has 0 heterocycles. The first-order valence-electron chi connectivity index (χ1n) is 7.14. The summed E-state index contributed by atoms with van der Waals surface area (Å²) in [5.74, 6) is 1.55. The summed E-state index contributed by atoms with van der Waals surface area (Å²) in [7, 11) is 1.79. The fourth-order valence-corrected chi connectivity index (χ4v) is 4.20. The Kier molecular flexibility index (Phi) is 3.57. The summed E-state index contributed by atoms with van der Waals surface area (Å²) in [5, 5.41) is 3.81. The van der Waals surface area contributed by atoms with Crippen LogP contribution < -0.4 is 5.32 Å². The molecule has 0 radical (unpaired) electrons. The second-order valence-electron chi connectivity index (χ2n) is 7.13. The number of rotatable bonds is 5. The summed E-state index contributed by atoms with van der Waals surface area (Å²) >= 11 is 0. The third kappa shape index (κ3) is 2.04. The molecule has 2 nitrogen and oxygen atoms in total. The molecule has 17 heavy (non-hydrogen) atoms. The van der Waals surface area contributed by atoms with Gasteiger partial charge in [0.1, 0.15) is 0 Å². The smallest absolute Gasteiger partial charge is 0.0499 e. The normalized spacial score (nSPS) is 40.8. The Morgan fingerprint density at radius 3 is 2.53 bits per heavy atom. The summed E-state index contributed by atoms with van der Waals surface area (Å²) < 4.78 is 5.21. The minimum absolute atomic E-state index is 0.504. The van der Waals surface area contributed by atoms with E-state index in [-0.39, 0.29) is 0 Å². The predicted octanol–water partition coefficient (Wildman–Crippen LogP) is 3.07. The molecule has 0 aromatic carbocycles. The van der Waals surface area contributed by atoms with Gasteiger partial charge in [0.15, 0.2) is 0 Å². The second kappa shape index (κ2) is 4.55. The van der Waals surface area contributed by atoms with Crippen molar-refractivity contribution in [3.8, 4) is 0 Å². The molecule has 1 N–H and O–H groups in total. The molecule has 2 fully saturated rings. The lowest BCUT2D eigenvalue weighted by molar-refractivity contribution is 0.111. The molecule has 0 aromatic rings. The molecule has 2 aliphatic rings. The fraction of sp³-hybridized carbons (Fsp3) is 1.00. The van der Waals surface area contributed by atoms with Crippen LogP contribution in [-0.2, 0) is 4.74 Å². The van der Waals surface area contributed by atoms with Crippen LogP contribution in [0.25, 0.3) is 0 Å². The number of fused-ring (bicyclic) bond motifs is 2. The van der Waals surface area contributed by atoms with E-state index in [0.29, 0.717) is 16.7 Å². The molecule has 2 heteroatoms. The highest BCUT2D eigenvalue weighted by molar-refractivity contribution is 5.12. The lowest BCUT2D eigenvalue weighted by Crippen LogP contribution is -2.46. The van der Waals surface area contributed by atoms with E-state index in [2.05, 4.69) is 33.0 Å². The molecule has 0 saturated heterocycles. The highest BCUT2D eigenvalue weighted by Crippen LogP contribution is 2.65. The van der Waals surface area contributed by atoms with Crippen molar-refractivity contribution >= 4 is 0 Å². The van der Waals surface area contributed by atoms with Crippen molar-refractivity contribution in [1.29, 1.82) is 0 Å². The molecule has 0 aliphatic heterocycles. The Labute approximate surface area is 107 Å². The molecule has 100 valence electrons. The van der Waals surface area contributed by atoms with Crippen LogP contribution in [0.4, 0.5) is 0 Å². The summed E-state index contributed by atoms with van der Waals surface area (Å²) in [6, 6.07) is 0.718. The zero-order valence-electron chi connectivity index (χ0n) is 12.2. The molecule has 0 amide bonds. The average Bonchev–Trinajstić information content (AvgIpc) is 2.59. The van der Waals surface area contributed by atoms with Crippen molar-refractivity contribution in [1.82, 2.24) is 5.32 Å². The van der Waals surface area contributed by atoms with Gasteiger partial charge in [-0.2, -0.15) is 0 Å². The Morgan fingerprint density at radius 2 is 2.06 bits per heavy atom. The van der Waals surface area contributed by atoms with Crippen LogP contribution >= 0.6 is 0 Å². The minimum Gasteiger partial charge on any atom is -0.384 e. The third-order valence-corrected chi connectivity index (χ3v) is 5.96. The quantitative estimate of drug-likeness (QED) is 0.796. The van der Waals surface area contributed by atoms with Gasteiger partial charge in [-0.1, -0.05) is 27.7 Å². The van der Waals surface area contributed by atoms with Crippen LogP contribution in [0, 0.1) is 22.7 Å². The van der Waals surface area contributed by atoms with Gasteiger partial charge in [-0.15, -0.1) is 0 Å². The summed E-state index contributed by atoms with van der Waals surface area (Å²) in [6.45, 7) is 11.7. The first-order chi connectivity index (χ1) is 7.91.